The van der Waals surface area contributed by atoms with Crippen LogP contribution >= 0.6 is 0 Å². The van der Waals surface area contributed by atoms with E-state index in [1.165, 1.54) is 12.8 Å². The van der Waals surface area contributed by atoms with E-state index < -0.39 is 6.04 Å². The molecule has 4 heteroatoms. The number of nitrogens with zero attached hydrogens (tertiary/aromatic N) is 2. The Kier molecular flexibility index (Phi) is 1.92. The molecule has 1 saturated carbocycles. The molecule has 1 fully saturated rings. The number of rotatable bonds is 3. The van der Waals surface area contributed by atoms with E-state index in [4.69, 9.17) is 5.73 Å². The van der Waals surface area contributed by atoms with Gasteiger partial charge in [0.1, 0.15) is 0 Å². The Labute approximate surface area is 76.7 Å². The minimum Gasteiger partial charge on any atom is -0.321 e. The molecular formula is C9H13N3O. The van der Waals surface area contributed by atoms with Gasteiger partial charge in [0, 0.05) is 6.20 Å². The Balaban J connectivity index is 2.16. The third-order valence-corrected chi connectivity index (χ3v) is 2.22. The fraction of sp³-hybridized carbons (Fsp3) is 0.556. The van der Waals surface area contributed by atoms with Gasteiger partial charge in [0.2, 0.25) is 0 Å². The number of ketones is 1. The second-order valence-corrected chi connectivity index (χ2v) is 3.59. The van der Waals surface area contributed by atoms with Gasteiger partial charge in [-0.05, 0) is 19.8 Å². The molecule has 0 aliphatic heterocycles. The molecule has 2 rings (SSSR count). The minimum absolute atomic E-state index is 0.0353. The first-order valence-electron chi connectivity index (χ1n) is 4.52. The highest BCUT2D eigenvalue weighted by Crippen LogP contribution is 2.33. The lowest BCUT2D eigenvalue weighted by Gasteiger charge is -1.99. The number of carbonyl (C=O) groups is 1. The molecule has 0 bridgehead atoms. The number of carbonyl (C=O) groups excluding carboxylic acids is 1. The molecule has 4 nitrogen and oxygen atoms in total. The van der Waals surface area contributed by atoms with E-state index >= 15 is 0 Å². The Morgan fingerprint density at radius 3 is 3.00 bits per heavy atom. The number of aromatic nitrogens is 2. The standard InChI is InChI=1S/C9H13N3O/c1-6(10)9(13)7-4-11-12(5-7)8-2-3-8/h4-6,8H,2-3,10H2,1H3. The Morgan fingerprint density at radius 1 is 1.77 bits per heavy atom. The van der Waals surface area contributed by atoms with Crippen molar-refractivity contribution in [3.05, 3.63) is 18.0 Å². The van der Waals surface area contributed by atoms with Crippen LogP contribution in [0.15, 0.2) is 12.4 Å². The molecule has 13 heavy (non-hydrogen) atoms. The molecule has 1 aliphatic rings. The Bertz CT molecular complexity index is 325. The molecule has 1 atom stereocenters. The van der Waals surface area contributed by atoms with Crippen LogP contribution in [0.3, 0.4) is 0 Å². The molecular weight excluding hydrogens is 166 g/mol. The SMILES string of the molecule is CC(N)C(=O)c1cnn(C2CC2)c1. The van der Waals surface area contributed by atoms with Crippen molar-refractivity contribution in [3.63, 3.8) is 0 Å². The summed E-state index contributed by atoms with van der Waals surface area (Å²) < 4.78 is 1.86. The van der Waals surface area contributed by atoms with Gasteiger partial charge in [-0.3, -0.25) is 9.48 Å². The van der Waals surface area contributed by atoms with Crippen molar-refractivity contribution in [1.29, 1.82) is 0 Å². The summed E-state index contributed by atoms with van der Waals surface area (Å²) >= 11 is 0. The van der Waals surface area contributed by atoms with Gasteiger partial charge in [-0.15, -0.1) is 0 Å². The van der Waals surface area contributed by atoms with Gasteiger partial charge in [-0.1, -0.05) is 0 Å². The molecule has 70 valence electrons. The maximum absolute atomic E-state index is 11.4. The Hall–Kier alpha value is -1.16. The van der Waals surface area contributed by atoms with Crippen LogP contribution in [0.4, 0.5) is 0 Å². The normalized spacial score (nSPS) is 18.6. The van der Waals surface area contributed by atoms with E-state index in [1.54, 1.807) is 19.3 Å². The maximum Gasteiger partial charge on any atom is 0.182 e. The van der Waals surface area contributed by atoms with Crippen molar-refractivity contribution in [1.82, 2.24) is 9.78 Å². The van der Waals surface area contributed by atoms with Gasteiger partial charge in [-0.2, -0.15) is 5.10 Å². The molecule has 1 heterocycles. The Morgan fingerprint density at radius 2 is 2.46 bits per heavy atom. The van der Waals surface area contributed by atoms with Crippen LogP contribution in [0.2, 0.25) is 0 Å². The van der Waals surface area contributed by atoms with Gasteiger partial charge in [0.05, 0.1) is 23.8 Å². The van der Waals surface area contributed by atoms with Crippen LogP contribution in [0.1, 0.15) is 36.2 Å². The monoisotopic (exact) mass is 179 g/mol. The molecule has 0 spiro atoms. The number of nitrogens with two attached hydrogens (primary N) is 1. The molecule has 0 saturated heterocycles. The van der Waals surface area contributed by atoms with E-state index in [2.05, 4.69) is 5.10 Å². The highest BCUT2D eigenvalue weighted by molar-refractivity contribution is 5.99. The third kappa shape index (κ3) is 1.62. The van der Waals surface area contributed by atoms with Crippen molar-refractivity contribution in [2.75, 3.05) is 0 Å². The lowest BCUT2D eigenvalue weighted by molar-refractivity contribution is 0.0968. The predicted molar refractivity (Wildman–Crippen MR) is 48.5 cm³/mol. The van der Waals surface area contributed by atoms with Crippen LogP contribution in [0, 0.1) is 0 Å². The largest absolute Gasteiger partial charge is 0.321 e. The van der Waals surface area contributed by atoms with E-state index in [1.807, 2.05) is 4.68 Å². The van der Waals surface area contributed by atoms with Crippen LogP contribution in [-0.4, -0.2) is 21.6 Å². The zero-order chi connectivity index (χ0) is 9.42. The third-order valence-electron chi connectivity index (χ3n) is 2.22. The molecule has 0 amide bonds. The molecule has 0 radical (unpaired) electrons. The second kappa shape index (κ2) is 2.96. The quantitative estimate of drug-likeness (QED) is 0.696. The smallest absolute Gasteiger partial charge is 0.182 e. The predicted octanol–water partition coefficient (Wildman–Crippen LogP) is 0.748. The summed E-state index contributed by atoms with van der Waals surface area (Å²) in [5, 5.41) is 4.12. The van der Waals surface area contributed by atoms with E-state index in [9.17, 15) is 4.79 Å². The molecule has 1 aromatic heterocycles. The number of hydrogen-bond donors (Lipinski definition) is 1. The van der Waals surface area contributed by atoms with Crippen LogP contribution in [0.25, 0.3) is 0 Å². The summed E-state index contributed by atoms with van der Waals surface area (Å²) in [4.78, 5) is 11.4. The molecule has 1 aromatic rings. The summed E-state index contributed by atoms with van der Waals surface area (Å²) in [5.41, 5.74) is 6.11. The molecule has 2 N–H and O–H groups in total. The van der Waals surface area contributed by atoms with Gasteiger partial charge >= 0.3 is 0 Å². The first-order chi connectivity index (χ1) is 6.18. The summed E-state index contributed by atoms with van der Waals surface area (Å²) in [7, 11) is 0. The lowest BCUT2D eigenvalue weighted by Crippen LogP contribution is -2.26. The number of Topliss-reactive ketones (excluding diaryl/α,β-unsaturated/α-hetero) is 1. The van der Waals surface area contributed by atoms with Crippen LogP contribution in [0.5, 0.6) is 0 Å². The van der Waals surface area contributed by atoms with Crippen molar-refractivity contribution in [2.24, 2.45) is 5.73 Å². The summed E-state index contributed by atoms with van der Waals surface area (Å²) in [6.45, 7) is 1.69. The first kappa shape index (κ1) is 8.44. The number of hydrogen-bond acceptors (Lipinski definition) is 3. The molecule has 1 unspecified atom stereocenters. The molecule has 1 aliphatic carbocycles. The minimum atomic E-state index is -0.433. The first-order valence-corrected chi connectivity index (χ1v) is 4.52. The average Bonchev–Trinajstić information content (AvgIpc) is 2.83. The topological polar surface area (TPSA) is 60.9 Å². The van der Waals surface area contributed by atoms with Crippen molar-refractivity contribution >= 4 is 5.78 Å². The van der Waals surface area contributed by atoms with Crippen molar-refractivity contribution in [3.8, 4) is 0 Å². The lowest BCUT2D eigenvalue weighted by atomic mass is 10.1. The average molecular weight is 179 g/mol. The fourth-order valence-corrected chi connectivity index (χ4v) is 1.27. The van der Waals surface area contributed by atoms with Gasteiger partial charge < -0.3 is 5.73 Å². The maximum atomic E-state index is 11.4. The highest BCUT2D eigenvalue weighted by atomic mass is 16.1. The van der Waals surface area contributed by atoms with E-state index in [-0.39, 0.29) is 5.78 Å². The molecule has 0 aromatic carbocycles. The zero-order valence-electron chi connectivity index (χ0n) is 7.60. The van der Waals surface area contributed by atoms with Gasteiger partial charge in [0.25, 0.3) is 0 Å². The second-order valence-electron chi connectivity index (χ2n) is 3.59. The van der Waals surface area contributed by atoms with Crippen LogP contribution in [-0.2, 0) is 0 Å². The van der Waals surface area contributed by atoms with E-state index in [0.29, 0.717) is 11.6 Å². The van der Waals surface area contributed by atoms with Crippen molar-refractivity contribution in [2.45, 2.75) is 31.8 Å². The summed E-state index contributed by atoms with van der Waals surface area (Å²) in [5.74, 6) is -0.0353. The van der Waals surface area contributed by atoms with Gasteiger partial charge in [0.15, 0.2) is 5.78 Å². The fourth-order valence-electron chi connectivity index (χ4n) is 1.27. The van der Waals surface area contributed by atoms with Gasteiger partial charge in [-0.25, -0.2) is 0 Å². The van der Waals surface area contributed by atoms with Crippen LogP contribution < -0.4 is 5.73 Å². The summed E-state index contributed by atoms with van der Waals surface area (Å²) in [6, 6.07) is 0.0893. The van der Waals surface area contributed by atoms with Crippen molar-refractivity contribution < 1.29 is 4.79 Å². The summed E-state index contributed by atoms with van der Waals surface area (Å²) in [6.07, 6.45) is 5.74. The highest BCUT2D eigenvalue weighted by Gasteiger charge is 2.25. The zero-order valence-corrected chi connectivity index (χ0v) is 7.60. The van der Waals surface area contributed by atoms with E-state index in [0.717, 1.165) is 0 Å².